The Bertz CT molecular complexity index is 831. The predicted octanol–water partition coefficient (Wildman–Crippen LogP) is 1.75. The quantitative estimate of drug-likeness (QED) is 0.907. The summed E-state index contributed by atoms with van der Waals surface area (Å²) in [5, 5.41) is 10.3. The molecule has 3 heterocycles. The summed E-state index contributed by atoms with van der Waals surface area (Å²) < 4.78 is 1.50. The van der Waals surface area contributed by atoms with Crippen molar-refractivity contribution in [3.63, 3.8) is 0 Å². The van der Waals surface area contributed by atoms with Gasteiger partial charge in [0.25, 0.3) is 11.5 Å². The second kappa shape index (κ2) is 5.42. The van der Waals surface area contributed by atoms with Crippen LogP contribution in [0.15, 0.2) is 11.0 Å². The minimum absolute atomic E-state index is 0.0690. The summed E-state index contributed by atoms with van der Waals surface area (Å²) in [6.45, 7) is 7.73. The fourth-order valence-electron chi connectivity index (χ4n) is 3.22. The molecule has 0 aromatic carbocycles. The van der Waals surface area contributed by atoms with Gasteiger partial charge in [0.2, 0.25) is 0 Å². The molecule has 2 aromatic rings. The van der Waals surface area contributed by atoms with Crippen LogP contribution in [-0.4, -0.2) is 43.5 Å². The third kappa shape index (κ3) is 2.57. The van der Waals surface area contributed by atoms with Crippen molar-refractivity contribution in [2.45, 2.75) is 52.2 Å². The third-order valence-corrected chi connectivity index (χ3v) is 5.65. The molecular weight excluding hydrogens is 314 g/mol. The van der Waals surface area contributed by atoms with Crippen LogP contribution in [0.2, 0.25) is 0 Å². The van der Waals surface area contributed by atoms with E-state index in [0.717, 1.165) is 23.4 Å². The van der Waals surface area contributed by atoms with Crippen molar-refractivity contribution in [1.29, 1.82) is 0 Å². The number of aliphatic hydroxyl groups is 1. The van der Waals surface area contributed by atoms with Crippen LogP contribution >= 0.6 is 11.3 Å². The number of aryl methyl sites for hydroxylation is 2. The van der Waals surface area contributed by atoms with Crippen molar-refractivity contribution in [2.75, 3.05) is 6.54 Å². The van der Waals surface area contributed by atoms with Crippen molar-refractivity contribution < 1.29 is 9.90 Å². The molecule has 124 valence electrons. The molecule has 23 heavy (non-hydrogen) atoms. The van der Waals surface area contributed by atoms with Crippen LogP contribution in [0.5, 0.6) is 0 Å². The van der Waals surface area contributed by atoms with E-state index in [1.54, 1.807) is 18.7 Å². The van der Waals surface area contributed by atoms with Gasteiger partial charge in [0.1, 0.15) is 5.56 Å². The van der Waals surface area contributed by atoms with E-state index in [-0.39, 0.29) is 23.1 Å². The molecule has 1 unspecified atom stereocenters. The standard InChI is InChI=1S/C16H21N3O3S/c1-9-10(2)23-15-17-8-11(14(21)19(9)15)13(20)18-7-5-6-12(18)16(3,4)22/h8,12,22H,5-7H2,1-4H3. The van der Waals surface area contributed by atoms with Gasteiger partial charge in [-0.2, -0.15) is 0 Å². The first kappa shape index (κ1) is 16.1. The number of aromatic nitrogens is 2. The van der Waals surface area contributed by atoms with Crippen molar-refractivity contribution in [2.24, 2.45) is 0 Å². The summed E-state index contributed by atoms with van der Waals surface area (Å²) in [5.41, 5.74) is -0.435. The molecule has 1 aliphatic rings. The highest BCUT2D eigenvalue weighted by Crippen LogP contribution is 2.28. The normalized spacial score (nSPS) is 18.8. The van der Waals surface area contributed by atoms with E-state index in [9.17, 15) is 14.7 Å². The van der Waals surface area contributed by atoms with Gasteiger partial charge in [-0.1, -0.05) is 0 Å². The highest BCUT2D eigenvalue weighted by molar-refractivity contribution is 7.17. The molecule has 1 amide bonds. The lowest BCUT2D eigenvalue weighted by Crippen LogP contribution is -2.49. The Morgan fingerprint density at radius 2 is 2.13 bits per heavy atom. The molecule has 0 spiro atoms. The van der Waals surface area contributed by atoms with Crippen LogP contribution in [-0.2, 0) is 0 Å². The minimum atomic E-state index is -0.991. The Balaban J connectivity index is 2.07. The number of hydrogen-bond acceptors (Lipinski definition) is 5. The van der Waals surface area contributed by atoms with Crippen LogP contribution in [0.1, 0.15) is 47.6 Å². The average Bonchev–Trinajstić information content (AvgIpc) is 3.05. The molecule has 7 heteroatoms. The zero-order valence-corrected chi connectivity index (χ0v) is 14.6. The molecule has 0 saturated carbocycles. The fraction of sp³-hybridized carbons (Fsp3) is 0.562. The van der Waals surface area contributed by atoms with Gasteiger partial charge < -0.3 is 10.0 Å². The first-order valence-corrected chi connectivity index (χ1v) is 8.54. The first-order chi connectivity index (χ1) is 10.7. The van der Waals surface area contributed by atoms with Crippen LogP contribution in [0.4, 0.5) is 0 Å². The highest BCUT2D eigenvalue weighted by Gasteiger charge is 2.39. The number of amides is 1. The second-order valence-electron chi connectivity index (χ2n) is 6.65. The molecule has 6 nitrogen and oxygen atoms in total. The number of nitrogens with zero attached hydrogens (tertiary/aromatic N) is 3. The molecular formula is C16H21N3O3S. The van der Waals surface area contributed by atoms with Crippen LogP contribution < -0.4 is 5.56 Å². The molecule has 1 N–H and O–H groups in total. The van der Waals surface area contributed by atoms with E-state index in [1.807, 2.05) is 13.8 Å². The zero-order chi connectivity index (χ0) is 16.9. The van der Waals surface area contributed by atoms with Gasteiger partial charge in [-0.05, 0) is 40.5 Å². The molecule has 1 fully saturated rings. The largest absolute Gasteiger partial charge is 0.388 e. The Labute approximate surface area is 138 Å². The molecule has 0 aliphatic carbocycles. The number of carbonyl (C=O) groups is 1. The molecule has 1 aliphatic heterocycles. The number of carbonyl (C=O) groups excluding carboxylic acids is 1. The van der Waals surface area contributed by atoms with Gasteiger partial charge in [-0.25, -0.2) is 4.98 Å². The van der Waals surface area contributed by atoms with Gasteiger partial charge in [-0.15, -0.1) is 11.3 Å². The van der Waals surface area contributed by atoms with E-state index in [4.69, 9.17) is 0 Å². The monoisotopic (exact) mass is 335 g/mol. The lowest BCUT2D eigenvalue weighted by atomic mass is 9.96. The molecule has 3 rings (SSSR count). The number of likely N-dealkylation sites (tertiary alicyclic amines) is 1. The zero-order valence-electron chi connectivity index (χ0n) is 13.8. The Kier molecular flexibility index (Phi) is 3.80. The van der Waals surface area contributed by atoms with E-state index in [0.29, 0.717) is 11.5 Å². The lowest BCUT2D eigenvalue weighted by molar-refractivity contribution is 0.000242. The molecule has 2 aromatic heterocycles. The maximum absolute atomic E-state index is 12.9. The highest BCUT2D eigenvalue weighted by atomic mass is 32.1. The minimum Gasteiger partial charge on any atom is -0.388 e. The Morgan fingerprint density at radius 1 is 1.43 bits per heavy atom. The van der Waals surface area contributed by atoms with Gasteiger partial charge >= 0.3 is 0 Å². The molecule has 1 saturated heterocycles. The van der Waals surface area contributed by atoms with Crippen molar-refractivity contribution >= 4 is 22.2 Å². The van der Waals surface area contributed by atoms with Gasteiger partial charge in [-0.3, -0.25) is 14.0 Å². The second-order valence-corrected chi connectivity index (χ2v) is 7.83. The summed E-state index contributed by atoms with van der Waals surface area (Å²) in [6, 6.07) is -0.277. The van der Waals surface area contributed by atoms with E-state index >= 15 is 0 Å². The van der Waals surface area contributed by atoms with Crippen LogP contribution in [0.25, 0.3) is 4.96 Å². The van der Waals surface area contributed by atoms with Crippen molar-refractivity contribution in [3.8, 4) is 0 Å². The van der Waals surface area contributed by atoms with Gasteiger partial charge in [0.05, 0.1) is 11.6 Å². The first-order valence-electron chi connectivity index (χ1n) is 7.73. The van der Waals surface area contributed by atoms with E-state index in [1.165, 1.54) is 21.9 Å². The summed E-state index contributed by atoms with van der Waals surface area (Å²) in [6.07, 6.45) is 2.94. The molecule has 0 bridgehead atoms. The smallest absolute Gasteiger partial charge is 0.271 e. The summed E-state index contributed by atoms with van der Waals surface area (Å²) in [7, 11) is 0. The van der Waals surface area contributed by atoms with Gasteiger partial charge in [0.15, 0.2) is 4.96 Å². The maximum atomic E-state index is 12.9. The van der Waals surface area contributed by atoms with Crippen LogP contribution in [0.3, 0.4) is 0 Å². The number of fused-ring (bicyclic) bond motifs is 1. The fourth-order valence-corrected chi connectivity index (χ4v) is 4.15. The van der Waals surface area contributed by atoms with Crippen molar-refractivity contribution in [3.05, 3.63) is 32.7 Å². The number of thiazole rings is 1. The summed E-state index contributed by atoms with van der Waals surface area (Å²) in [5.74, 6) is -0.343. The molecule has 1 atom stereocenters. The SMILES string of the molecule is Cc1sc2ncc(C(=O)N3CCCC3C(C)(C)O)c(=O)n2c1C. The number of rotatable bonds is 2. The summed E-state index contributed by atoms with van der Waals surface area (Å²) >= 11 is 1.44. The predicted molar refractivity (Wildman–Crippen MR) is 89.2 cm³/mol. The summed E-state index contributed by atoms with van der Waals surface area (Å²) in [4.78, 5) is 33.1. The lowest BCUT2D eigenvalue weighted by Gasteiger charge is -2.33. The van der Waals surface area contributed by atoms with Gasteiger partial charge in [0, 0.05) is 23.3 Å². The van der Waals surface area contributed by atoms with E-state index < -0.39 is 5.60 Å². The van der Waals surface area contributed by atoms with Crippen molar-refractivity contribution in [1.82, 2.24) is 14.3 Å². The topological polar surface area (TPSA) is 74.9 Å². The Hall–Kier alpha value is -1.73. The third-order valence-electron chi connectivity index (χ3n) is 4.58. The average molecular weight is 335 g/mol. The molecule has 0 radical (unpaired) electrons. The Morgan fingerprint density at radius 3 is 2.78 bits per heavy atom. The van der Waals surface area contributed by atoms with E-state index in [2.05, 4.69) is 4.98 Å². The maximum Gasteiger partial charge on any atom is 0.271 e. The number of hydrogen-bond donors (Lipinski definition) is 1. The van der Waals surface area contributed by atoms with Crippen LogP contribution in [0, 0.1) is 13.8 Å².